The standard InChI is InChI=1S/C25H36ClN7O.CH4O/c1-4-20-15-32(25-16(2)29-22(24(28)34)23(27)30-25)13-14-33(20)21-9-11-31(12-10-21)17(3)18-5-7-19(26)8-6-18;1-2/h5-8,17,20-21H,4,9-15H2,1-3H3,(H2,27,30)(H2,28,34);2H,1H3. The van der Waals surface area contributed by atoms with Gasteiger partial charge in [0, 0.05) is 63.0 Å². The summed E-state index contributed by atoms with van der Waals surface area (Å²) in [6, 6.07) is 9.66. The number of piperazine rings is 1. The van der Waals surface area contributed by atoms with Crippen LogP contribution in [0.5, 0.6) is 0 Å². The minimum absolute atomic E-state index is 0.0477. The second-order valence-electron chi connectivity index (χ2n) is 9.47. The zero-order chi connectivity index (χ0) is 26.4. The predicted molar refractivity (Wildman–Crippen MR) is 145 cm³/mol. The molecule has 0 aliphatic carbocycles. The van der Waals surface area contributed by atoms with Crippen LogP contribution in [-0.4, -0.2) is 82.7 Å². The van der Waals surface area contributed by atoms with E-state index < -0.39 is 5.91 Å². The number of aliphatic hydroxyl groups excluding tert-OH is 1. The van der Waals surface area contributed by atoms with Gasteiger partial charge in [-0.25, -0.2) is 9.97 Å². The van der Waals surface area contributed by atoms with Crippen molar-refractivity contribution >= 4 is 29.1 Å². The third-order valence-electron chi connectivity index (χ3n) is 7.47. The molecule has 2 atom stereocenters. The van der Waals surface area contributed by atoms with Crippen LogP contribution in [0.15, 0.2) is 24.3 Å². The monoisotopic (exact) mass is 517 g/mol. The van der Waals surface area contributed by atoms with Crippen LogP contribution in [0.3, 0.4) is 0 Å². The molecule has 0 radical (unpaired) electrons. The number of hydrogen-bond donors (Lipinski definition) is 3. The molecule has 1 aromatic carbocycles. The molecule has 1 amide bonds. The van der Waals surface area contributed by atoms with E-state index in [1.807, 2.05) is 19.1 Å². The maximum Gasteiger partial charge on any atom is 0.271 e. The van der Waals surface area contributed by atoms with Crippen molar-refractivity contribution in [2.75, 3.05) is 50.5 Å². The number of benzene rings is 1. The van der Waals surface area contributed by atoms with Crippen LogP contribution in [0.1, 0.15) is 60.9 Å². The fraction of sp³-hybridized carbons (Fsp3) is 0.577. The summed E-state index contributed by atoms with van der Waals surface area (Å²) >= 11 is 6.07. The normalized spacial score (nSPS) is 20.5. The number of likely N-dealkylation sites (tertiary alicyclic amines) is 1. The van der Waals surface area contributed by atoms with Gasteiger partial charge in [-0.15, -0.1) is 0 Å². The summed E-state index contributed by atoms with van der Waals surface area (Å²) in [6.07, 6.45) is 3.42. The first-order valence-electron chi connectivity index (χ1n) is 12.7. The second kappa shape index (κ2) is 12.7. The lowest BCUT2D eigenvalue weighted by Crippen LogP contribution is -2.58. The van der Waals surface area contributed by atoms with Gasteiger partial charge in [0.1, 0.15) is 0 Å². The summed E-state index contributed by atoms with van der Waals surface area (Å²) in [5, 5.41) is 7.78. The largest absolute Gasteiger partial charge is 0.400 e. The van der Waals surface area contributed by atoms with E-state index in [-0.39, 0.29) is 11.5 Å². The number of halogens is 1. The van der Waals surface area contributed by atoms with E-state index in [2.05, 4.69) is 50.6 Å². The summed E-state index contributed by atoms with van der Waals surface area (Å²) in [5.74, 6) is 0.214. The minimum Gasteiger partial charge on any atom is -0.400 e. The number of hydrogen-bond acceptors (Lipinski definition) is 8. The van der Waals surface area contributed by atoms with Crippen molar-refractivity contribution in [1.29, 1.82) is 0 Å². The first-order valence-corrected chi connectivity index (χ1v) is 13.0. The van der Waals surface area contributed by atoms with Crippen LogP contribution >= 0.6 is 11.6 Å². The molecule has 0 bridgehead atoms. The number of amides is 1. The maximum atomic E-state index is 11.5. The number of aliphatic hydroxyl groups is 1. The summed E-state index contributed by atoms with van der Waals surface area (Å²) in [5.41, 5.74) is 13.4. The highest BCUT2D eigenvalue weighted by molar-refractivity contribution is 6.30. The van der Waals surface area contributed by atoms with Gasteiger partial charge in [-0.2, -0.15) is 0 Å². The number of primary amides is 1. The lowest BCUT2D eigenvalue weighted by atomic mass is 9.96. The molecule has 198 valence electrons. The Kier molecular flexibility index (Phi) is 9.90. The van der Waals surface area contributed by atoms with Crippen LogP contribution < -0.4 is 16.4 Å². The third kappa shape index (κ3) is 6.26. The average molecular weight is 518 g/mol. The number of nitrogens with zero attached hydrogens (tertiary/aromatic N) is 5. The number of nitrogens with two attached hydrogens (primary N) is 2. The Labute approximate surface area is 219 Å². The molecule has 2 aliphatic rings. The van der Waals surface area contributed by atoms with E-state index in [1.54, 1.807) is 0 Å². The fourth-order valence-electron chi connectivity index (χ4n) is 5.47. The highest BCUT2D eigenvalue weighted by Gasteiger charge is 2.35. The van der Waals surface area contributed by atoms with Crippen molar-refractivity contribution in [3.05, 3.63) is 46.2 Å². The Hall–Kier alpha value is -2.46. The van der Waals surface area contributed by atoms with E-state index in [9.17, 15) is 4.79 Å². The highest BCUT2D eigenvalue weighted by Crippen LogP contribution is 2.30. The summed E-state index contributed by atoms with van der Waals surface area (Å²) in [7, 11) is 1.00. The molecule has 2 fully saturated rings. The van der Waals surface area contributed by atoms with Gasteiger partial charge in [0.05, 0.1) is 5.69 Å². The Morgan fingerprint density at radius 2 is 1.78 bits per heavy atom. The lowest BCUT2D eigenvalue weighted by Gasteiger charge is -2.48. The zero-order valence-corrected chi connectivity index (χ0v) is 22.6. The lowest BCUT2D eigenvalue weighted by molar-refractivity contribution is 0.0514. The molecule has 1 aromatic heterocycles. The quantitative estimate of drug-likeness (QED) is 0.534. The Morgan fingerprint density at radius 3 is 2.36 bits per heavy atom. The molecule has 2 unspecified atom stereocenters. The van der Waals surface area contributed by atoms with Crippen LogP contribution in [-0.2, 0) is 0 Å². The second-order valence-corrected chi connectivity index (χ2v) is 9.91. The van der Waals surface area contributed by atoms with Crippen molar-refractivity contribution in [2.24, 2.45) is 5.73 Å². The number of nitrogen functional groups attached to an aromatic ring is 1. The van der Waals surface area contributed by atoms with Gasteiger partial charge in [-0.3, -0.25) is 14.6 Å². The molecular weight excluding hydrogens is 478 g/mol. The molecule has 9 nitrogen and oxygen atoms in total. The number of rotatable bonds is 6. The van der Waals surface area contributed by atoms with Gasteiger partial charge in [0.2, 0.25) is 0 Å². The van der Waals surface area contributed by atoms with E-state index in [4.69, 9.17) is 28.2 Å². The molecule has 3 heterocycles. The van der Waals surface area contributed by atoms with E-state index in [1.165, 1.54) is 18.4 Å². The Morgan fingerprint density at radius 1 is 1.14 bits per heavy atom. The molecule has 10 heteroatoms. The van der Waals surface area contributed by atoms with Gasteiger partial charge in [-0.1, -0.05) is 30.7 Å². The highest BCUT2D eigenvalue weighted by atomic mass is 35.5. The number of aryl methyl sites for hydroxylation is 1. The van der Waals surface area contributed by atoms with Gasteiger partial charge in [-0.05, 0) is 50.8 Å². The van der Waals surface area contributed by atoms with E-state index >= 15 is 0 Å². The molecule has 2 aliphatic heterocycles. The van der Waals surface area contributed by atoms with Crippen molar-refractivity contribution < 1.29 is 9.90 Å². The fourth-order valence-corrected chi connectivity index (χ4v) is 5.59. The first kappa shape index (κ1) is 28.1. The topological polar surface area (TPSA) is 125 Å². The van der Waals surface area contributed by atoms with Crippen molar-refractivity contribution in [1.82, 2.24) is 19.8 Å². The summed E-state index contributed by atoms with van der Waals surface area (Å²) in [6.45, 7) is 11.3. The number of carbonyl (C=O) groups is 1. The summed E-state index contributed by atoms with van der Waals surface area (Å²) < 4.78 is 0. The molecule has 5 N–H and O–H groups in total. The smallest absolute Gasteiger partial charge is 0.271 e. The van der Waals surface area contributed by atoms with Crippen molar-refractivity contribution in [3.63, 3.8) is 0 Å². The van der Waals surface area contributed by atoms with Crippen LogP contribution in [0.2, 0.25) is 5.02 Å². The average Bonchev–Trinajstić information content (AvgIpc) is 2.90. The molecule has 2 saturated heterocycles. The van der Waals surface area contributed by atoms with Gasteiger partial charge < -0.3 is 21.5 Å². The van der Waals surface area contributed by atoms with Crippen molar-refractivity contribution in [2.45, 2.75) is 58.2 Å². The van der Waals surface area contributed by atoms with E-state index in [0.717, 1.165) is 57.1 Å². The molecule has 36 heavy (non-hydrogen) atoms. The minimum atomic E-state index is -0.646. The predicted octanol–water partition coefficient (Wildman–Crippen LogP) is 2.85. The number of aromatic nitrogens is 2. The van der Waals surface area contributed by atoms with Crippen LogP contribution in [0, 0.1) is 6.92 Å². The SMILES string of the molecule is CCC1CN(c2nc(N)c(C(N)=O)nc2C)CCN1C1CCN(C(C)c2ccc(Cl)cc2)CC1.CO. The van der Waals surface area contributed by atoms with Gasteiger partial charge in [0.25, 0.3) is 5.91 Å². The molecule has 0 saturated carbocycles. The Balaban J connectivity index is 0.00000176. The number of anilines is 2. The first-order chi connectivity index (χ1) is 17.3. The molecular formula is C26H40ClN7O2. The molecule has 4 rings (SSSR count). The van der Waals surface area contributed by atoms with E-state index in [0.29, 0.717) is 23.8 Å². The third-order valence-corrected chi connectivity index (χ3v) is 7.72. The number of carbonyl (C=O) groups excluding carboxylic acids is 1. The van der Waals surface area contributed by atoms with Crippen LogP contribution in [0.25, 0.3) is 0 Å². The van der Waals surface area contributed by atoms with Gasteiger partial charge in [0.15, 0.2) is 17.3 Å². The zero-order valence-electron chi connectivity index (χ0n) is 21.8. The number of piperidine rings is 1. The van der Waals surface area contributed by atoms with Crippen LogP contribution in [0.4, 0.5) is 11.6 Å². The Bertz CT molecular complexity index is 1010. The molecule has 2 aromatic rings. The summed E-state index contributed by atoms with van der Waals surface area (Å²) in [4.78, 5) is 27.9. The van der Waals surface area contributed by atoms with Gasteiger partial charge >= 0.3 is 0 Å². The van der Waals surface area contributed by atoms with Crippen molar-refractivity contribution in [3.8, 4) is 0 Å². The maximum absolute atomic E-state index is 11.5. The molecule has 0 spiro atoms.